The van der Waals surface area contributed by atoms with Crippen LogP contribution in [0.15, 0.2) is 42.6 Å². The number of hydrogen-bond donors (Lipinski definition) is 1. The van der Waals surface area contributed by atoms with Gasteiger partial charge in [-0.15, -0.1) is 6.42 Å². The van der Waals surface area contributed by atoms with Gasteiger partial charge in [0, 0.05) is 46.6 Å². The Morgan fingerprint density at radius 3 is 2.52 bits per heavy atom. The van der Waals surface area contributed by atoms with Gasteiger partial charge >= 0.3 is 12.1 Å². The zero-order chi connectivity index (χ0) is 38.9. The lowest BCUT2D eigenvalue weighted by atomic mass is 9.88. The van der Waals surface area contributed by atoms with Crippen molar-refractivity contribution in [2.75, 3.05) is 38.2 Å². The van der Waals surface area contributed by atoms with E-state index in [9.17, 15) is 4.79 Å². The highest BCUT2D eigenvalue weighted by Gasteiger charge is 2.48. The molecule has 0 unspecified atom stereocenters. The van der Waals surface area contributed by atoms with Crippen molar-refractivity contribution >= 4 is 33.7 Å². The molecule has 3 saturated heterocycles. The number of fused-ring (bicyclic) bond motifs is 4. The first-order chi connectivity index (χ1) is 27.0. The number of aromatic amines is 1. The molecular formula is C44H48FN7O4. The minimum Gasteiger partial charge on any atom is -0.486 e. The van der Waals surface area contributed by atoms with E-state index in [4.69, 9.17) is 30.6 Å². The van der Waals surface area contributed by atoms with E-state index < -0.39 is 5.60 Å². The van der Waals surface area contributed by atoms with E-state index in [-0.39, 0.29) is 48.6 Å². The van der Waals surface area contributed by atoms with Gasteiger partial charge in [-0.25, -0.2) is 9.18 Å². The number of aromatic nitrogens is 4. The second-order valence-electron chi connectivity index (χ2n) is 16.9. The van der Waals surface area contributed by atoms with Crippen LogP contribution in [0.2, 0.25) is 0 Å². The zero-order valence-corrected chi connectivity index (χ0v) is 32.7. The number of nitrogens with one attached hydrogen (secondary N) is 1. The Bertz CT molecular complexity index is 2380. The number of benzene rings is 3. The molecule has 0 radical (unpaired) electrons. The van der Waals surface area contributed by atoms with Crippen LogP contribution in [-0.2, 0) is 11.3 Å². The van der Waals surface area contributed by atoms with Crippen LogP contribution in [0.4, 0.5) is 15.0 Å². The molecule has 4 aliphatic rings. The van der Waals surface area contributed by atoms with Gasteiger partial charge in [0.05, 0.1) is 23.8 Å². The zero-order valence-electron chi connectivity index (χ0n) is 32.7. The standard InChI is InChI=1S/C44H48FN7O4/c1-7-26-10-12-27(13-11-26)23-54-40-38(37-25(2)35(45)19-36-34(37)20-46-49-36)32(28-14-15-28)18-33-39(40)47-42(55-24-29-9-8-16-50(29)6)48-41(33)51-21-31-17-30(51)22-52(31)43(53)56-44(3,4)5/h1,10-13,18-20,28-31H,8-9,14-17,21-24H2,2-6H3,(H,46,49)/t29-,30+,31+/m1/s1. The molecule has 5 heterocycles. The van der Waals surface area contributed by atoms with Gasteiger partial charge < -0.3 is 28.9 Å². The van der Waals surface area contributed by atoms with Crippen molar-refractivity contribution in [3.8, 4) is 35.2 Å². The van der Waals surface area contributed by atoms with Gasteiger partial charge in [-0.3, -0.25) is 5.10 Å². The Labute approximate surface area is 326 Å². The van der Waals surface area contributed by atoms with Crippen LogP contribution in [0.3, 0.4) is 0 Å². The van der Waals surface area contributed by atoms with Crippen LogP contribution in [-0.4, -0.2) is 93.1 Å². The molecule has 1 N–H and O–H groups in total. The normalized spacial score (nSPS) is 21.0. The fourth-order valence-electron chi connectivity index (χ4n) is 8.79. The minimum atomic E-state index is -0.584. The van der Waals surface area contributed by atoms with Crippen LogP contribution in [0.5, 0.6) is 11.8 Å². The number of likely N-dealkylation sites (tertiary alicyclic amines) is 2. The number of carbonyl (C=O) groups excluding carboxylic acids is 1. The van der Waals surface area contributed by atoms with E-state index in [0.29, 0.717) is 42.0 Å². The second-order valence-corrected chi connectivity index (χ2v) is 16.9. The van der Waals surface area contributed by atoms with E-state index in [1.54, 1.807) is 6.20 Å². The number of amides is 1. The van der Waals surface area contributed by atoms with E-state index in [1.165, 1.54) is 6.07 Å². The molecule has 290 valence electrons. The summed E-state index contributed by atoms with van der Waals surface area (Å²) in [4.78, 5) is 30.1. The number of carbonyl (C=O) groups is 1. The van der Waals surface area contributed by atoms with E-state index in [0.717, 1.165) is 83.1 Å². The number of anilines is 1. The van der Waals surface area contributed by atoms with Crippen LogP contribution in [0.1, 0.15) is 81.0 Å². The molecule has 2 aromatic heterocycles. The highest BCUT2D eigenvalue weighted by molar-refractivity contribution is 6.06. The smallest absolute Gasteiger partial charge is 0.410 e. The minimum absolute atomic E-state index is 0.0235. The Hall–Kier alpha value is -5.41. The molecule has 12 heteroatoms. The summed E-state index contributed by atoms with van der Waals surface area (Å²) in [6, 6.07) is 12.0. The monoisotopic (exact) mass is 757 g/mol. The molecule has 4 fully saturated rings. The quantitative estimate of drug-likeness (QED) is 0.151. The molecule has 9 rings (SSSR count). The van der Waals surface area contributed by atoms with Crippen molar-refractivity contribution in [1.82, 2.24) is 30.0 Å². The van der Waals surface area contributed by atoms with Crippen LogP contribution in [0.25, 0.3) is 32.9 Å². The SMILES string of the molecule is C#Cc1ccc(COc2c(-c3c(C)c(F)cc4[nH]ncc34)c(C3CC3)cc3c(N4C[C@@H]5C[C@H]4CN5C(=O)OC(C)(C)C)nc(OC[C@H]4CCCN4C)nc23)cc1. The molecule has 3 aliphatic heterocycles. The predicted molar refractivity (Wildman–Crippen MR) is 214 cm³/mol. The molecule has 3 atom stereocenters. The molecule has 1 aliphatic carbocycles. The van der Waals surface area contributed by atoms with Gasteiger partial charge in [0.15, 0.2) is 5.75 Å². The molecule has 0 spiro atoms. The largest absolute Gasteiger partial charge is 0.486 e. The highest BCUT2D eigenvalue weighted by Crippen LogP contribution is 2.53. The van der Waals surface area contributed by atoms with Gasteiger partial charge in [0.1, 0.15) is 36.0 Å². The van der Waals surface area contributed by atoms with E-state index >= 15 is 4.39 Å². The maximum absolute atomic E-state index is 15.9. The van der Waals surface area contributed by atoms with Crippen LogP contribution >= 0.6 is 0 Å². The fraction of sp³-hybridized carbons (Fsp3) is 0.455. The maximum atomic E-state index is 15.9. The first-order valence-electron chi connectivity index (χ1n) is 19.7. The highest BCUT2D eigenvalue weighted by atomic mass is 19.1. The van der Waals surface area contributed by atoms with Gasteiger partial charge in [-0.05, 0) is 120 Å². The summed E-state index contributed by atoms with van der Waals surface area (Å²) in [5.41, 5.74) is 5.46. The number of rotatable bonds is 9. The fourth-order valence-corrected chi connectivity index (χ4v) is 8.79. The number of ether oxygens (including phenoxy) is 3. The number of nitrogens with zero attached hydrogens (tertiary/aromatic N) is 6. The summed E-state index contributed by atoms with van der Waals surface area (Å²) in [7, 11) is 2.12. The summed E-state index contributed by atoms with van der Waals surface area (Å²) in [5.74, 6) is 3.91. The number of halogens is 1. The topological polar surface area (TPSA) is 109 Å². The van der Waals surface area contributed by atoms with Crippen molar-refractivity contribution in [2.24, 2.45) is 0 Å². The lowest BCUT2D eigenvalue weighted by molar-refractivity contribution is 0.0214. The van der Waals surface area contributed by atoms with Crippen LogP contribution in [0, 0.1) is 25.1 Å². The van der Waals surface area contributed by atoms with Crippen molar-refractivity contribution in [3.05, 3.63) is 70.7 Å². The molecular weight excluding hydrogens is 710 g/mol. The lowest BCUT2D eigenvalue weighted by Gasteiger charge is -2.36. The molecule has 1 saturated carbocycles. The van der Waals surface area contributed by atoms with Gasteiger partial charge in [-0.1, -0.05) is 18.1 Å². The third-order valence-corrected chi connectivity index (χ3v) is 11.9. The maximum Gasteiger partial charge on any atom is 0.410 e. The second kappa shape index (κ2) is 14.0. The number of terminal acetylenes is 1. The Kier molecular flexibility index (Phi) is 9.03. The number of piperazine rings is 1. The first-order valence-corrected chi connectivity index (χ1v) is 19.7. The van der Waals surface area contributed by atoms with Crippen molar-refractivity contribution < 1.29 is 23.4 Å². The van der Waals surface area contributed by atoms with E-state index in [2.05, 4.69) is 39.0 Å². The number of H-pyrrole nitrogens is 1. The van der Waals surface area contributed by atoms with Gasteiger partial charge in [0.25, 0.3) is 0 Å². The summed E-state index contributed by atoms with van der Waals surface area (Å²) in [5, 5.41) is 8.97. The Morgan fingerprint density at radius 1 is 1.04 bits per heavy atom. The molecule has 1 amide bonds. The molecule has 11 nitrogen and oxygen atoms in total. The summed E-state index contributed by atoms with van der Waals surface area (Å²) in [6.45, 7) is 10.3. The number of hydrogen-bond acceptors (Lipinski definition) is 9. The van der Waals surface area contributed by atoms with Gasteiger partial charge in [-0.2, -0.15) is 15.1 Å². The Morgan fingerprint density at radius 2 is 1.84 bits per heavy atom. The van der Waals surface area contributed by atoms with Crippen LogP contribution < -0.4 is 14.4 Å². The van der Waals surface area contributed by atoms with E-state index in [1.807, 2.05) is 56.9 Å². The molecule has 2 bridgehead atoms. The molecule has 56 heavy (non-hydrogen) atoms. The average Bonchev–Trinajstić information content (AvgIpc) is 3.44. The predicted octanol–water partition coefficient (Wildman–Crippen LogP) is 7.73. The number of likely N-dealkylation sites (N-methyl/N-ethyl adjacent to an activating group) is 1. The average molecular weight is 758 g/mol. The van der Waals surface area contributed by atoms with Crippen molar-refractivity contribution in [3.63, 3.8) is 0 Å². The summed E-state index contributed by atoms with van der Waals surface area (Å²) < 4.78 is 35.2. The van der Waals surface area contributed by atoms with Crippen molar-refractivity contribution in [2.45, 2.75) is 96.1 Å². The first kappa shape index (κ1) is 36.2. The molecule has 5 aromatic rings. The summed E-state index contributed by atoms with van der Waals surface area (Å²) in [6.07, 6.45) is 12.1. The third kappa shape index (κ3) is 6.66. The Balaban J connectivity index is 1.23. The lowest BCUT2D eigenvalue weighted by Crippen LogP contribution is -2.50. The molecule has 3 aromatic carbocycles. The summed E-state index contributed by atoms with van der Waals surface area (Å²) >= 11 is 0. The van der Waals surface area contributed by atoms with Gasteiger partial charge in [0.2, 0.25) is 0 Å². The van der Waals surface area contributed by atoms with Crippen molar-refractivity contribution in [1.29, 1.82) is 0 Å². The third-order valence-electron chi connectivity index (χ3n) is 11.9.